The van der Waals surface area contributed by atoms with Crippen molar-refractivity contribution in [3.05, 3.63) is 209 Å². The van der Waals surface area contributed by atoms with Gasteiger partial charge in [-0.3, -0.25) is 4.57 Å². The van der Waals surface area contributed by atoms with Gasteiger partial charge >= 0.3 is 0 Å². The highest BCUT2D eigenvalue weighted by molar-refractivity contribution is 6.16. The summed E-state index contributed by atoms with van der Waals surface area (Å²) < 4.78 is 46.4. The number of para-hydroxylation sites is 3. The number of fused-ring (bicyclic) bond motifs is 12. The second-order valence-electron chi connectivity index (χ2n) is 18.7. The molecule has 1 aliphatic heterocycles. The summed E-state index contributed by atoms with van der Waals surface area (Å²) in [6.45, 7) is 4.46. The first-order valence-corrected chi connectivity index (χ1v) is 23.1. The molecule has 2 atom stereocenters. The Morgan fingerprint density at radius 2 is 1.12 bits per heavy atom. The molecule has 6 nitrogen and oxygen atoms in total. The molecule has 5 heterocycles. The summed E-state index contributed by atoms with van der Waals surface area (Å²) in [6, 6.07) is 56.1. The smallest absolute Gasteiger partial charge is 0.230 e. The Balaban J connectivity index is 0.961. The number of allylic oxidation sites excluding steroid dienone is 1. The molecule has 2 unspecified atom stereocenters. The minimum Gasteiger partial charge on any atom is -0.456 e. The van der Waals surface area contributed by atoms with Gasteiger partial charge in [0.05, 0.1) is 27.8 Å². The quantitative estimate of drug-likeness (QED) is 0.177. The van der Waals surface area contributed by atoms with Crippen molar-refractivity contribution >= 4 is 99.9 Å². The molecule has 68 heavy (non-hydrogen) atoms. The van der Waals surface area contributed by atoms with E-state index in [1.165, 1.54) is 57.2 Å². The number of furan rings is 2. The van der Waals surface area contributed by atoms with E-state index < -0.39 is 5.54 Å². The molecule has 0 spiro atoms. The van der Waals surface area contributed by atoms with Crippen LogP contribution in [0.1, 0.15) is 60.6 Å². The average Bonchev–Trinajstić information content (AvgIpc) is 4.11. The van der Waals surface area contributed by atoms with Crippen LogP contribution >= 0.6 is 0 Å². The lowest BCUT2D eigenvalue weighted by Crippen LogP contribution is -2.33. The van der Waals surface area contributed by atoms with E-state index in [4.69, 9.17) is 18.8 Å². The van der Waals surface area contributed by atoms with E-state index in [2.05, 4.69) is 144 Å². The van der Waals surface area contributed by atoms with Crippen LogP contribution in [0.25, 0.3) is 93.9 Å². The van der Waals surface area contributed by atoms with E-state index >= 15 is 0 Å². The largest absolute Gasteiger partial charge is 0.456 e. The number of aliphatic imine (C=N–C) groups is 2. The van der Waals surface area contributed by atoms with Crippen molar-refractivity contribution in [1.29, 1.82) is 0 Å². The van der Waals surface area contributed by atoms with Crippen molar-refractivity contribution in [3.8, 4) is 5.69 Å². The fraction of sp³-hybridized carbons (Fsp3) is 0.100. The van der Waals surface area contributed by atoms with Crippen LogP contribution < -0.4 is 0 Å². The van der Waals surface area contributed by atoms with Gasteiger partial charge in [-0.05, 0) is 145 Å². The SMILES string of the molecule is CC1CC(c2ccc3c(c2)c2ccccc2n3-c2ccccc2)=Cc2c1n(C1=NC(C)(c3ccc4oc5ccc(F)cc5c4c3)CC(c3ccc4oc5ccc(F)cc5c4c3)=N1)c1ccccc21. The van der Waals surface area contributed by atoms with E-state index in [1.807, 2.05) is 18.2 Å². The first kappa shape index (κ1) is 38.9. The molecule has 0 bridgehead atoms. The Kier molecular flexibility index (Phi) is 8.18. The lowest BCUT2D eigenvalue weighted by molar-refractivity contribution is 0.511. The highest BCUT2D eigenvalue weighted by Gasteiger charge is 2.36. The summed E-state index contributed by atoms with van der Waals surface area (Å²) in [5.41, 5.74) is 13.8. The van der Waals surface area contributed by atoms with Crippen LogP contribution in [-0.2, 0) is 5.54 Å². The van der Waals surface area contributed by atoms with Crippen molar-refractivity contribution in [1.82, 2.24) is 9.13 Å². The number of hydrogen-bond acceptors (Lipinski definition) is 4. The van der Waals surface area contributed by atoms with Gasteiger partial charge in [0, 0.05) is 67.0 Å². The van der Waals surface area contributed by atoms with Crippen molar-refractivity contribution < 1.29 is 17.6 Å². The summed E-state index contributed by atoms with van der Waals surface area (Å²) in [6.07, 6.45) is 3.66. The molecule has 0 N–H and O–H groups in total. The zero-order valence-corrected chi connectivity index (χ0v) is 37.1. The molecule has 326 valence electrons. The molecule has 0 saturated carbocycles. The third-order valence-corrected chi connectivity index (χ3v) is 14.4. The van der Waals surface area contributed by atoms with Gasteiger partial charge in [0.1, 0.15) is 34.0 Å². The van der Waals surface area contributed by atoms with Crippen LogP contribution in [0.15, 0.2) is 189 Å². The molecule has 1 aliphatic carbocycles. The van der Waals surface area contributed by atoms with Crippen molar-refractivity contribution in [3.63, 3.8) is 0 Å². The molecule has 0 fully saturated rings. The van der Waals surface area contributed by atoms with Crippen LogP contribution in [0.4, 0.5) is 8.78 Å². The summed E-state index contributed by atoms with van der Waals surface area (Å²) in [5.74, 6) is 0.0336. The Morgan fingerprint density at radius 1 is 0.544 bits per heavy atom. The number of aromatic nitrogens is 2. The van der Waals surface area contributed by atoms with Gasteiger partial charge in [-0.1, -0.05) is 73.7 Å². The van der Waals surface area contributed by atoms with Crippen LogP contribution in [0.2, 0.25) is 0 Å². The van der Waals surface area contributed by atoms with Crippen LogP contribution in [-0.4, -0.2) is 20.8 Å². The molecule has 4 aromatic heterocycles. The summed E-state index contributed by atoms with van der Waals surface area (Å²) in [5, 5.41) is 6.64. The Morgan fingerprint density at radius 3 is 1.85 bits per heavy atom. The first-order chi connectivity index (χ1) is 33.2. The van der Waals surface area contributed by atoms with Gasteiger partial charge < -0.3 is 13.4 Å². The average molecular weight is 887 g/mol. The van der Waals surface area contributed by atoms with Gasteiger partial charge in [0.25, 0.3) is 0 Å². The molecule has 12 aromatic rings. The standard InChI is InChI=1S/C60H40F2N4O2/c1-34-26-37(35-16-21-53-44(27-35)42-12-6-8-14-51(42)65(53)41-10-4-3-5-11-41)29-49-43-13-7-9-15-52(43)66(58(34)49)59-63-50(36-17-22-54-45(28-36)47-31-39(61)19-24-56(47)67-54)33-60(2,64-59)38-18-23-55-46(30-38)48-32-40(62)20-25-57(48)68-55/h3-25,27-32,34H,26,33H2,1-2H3. The van der Waals surface area contributed by atoms with Gasteiger partial charge in [-0.25, -0.2) is 18.8 Å². The predicted molar refractivity (Wildman–Crippen MR) is 272 cm³/mol. The topological polar surface area (TPSA) is 60.9 Å². The second-order valence-corrected chi connectivity index (χ2v) is 18.7. The summed E-state index contributed by atoms with van der Waals surface area (Å²) >= 11 is 0. The lowest BCUT2D eigenvalue weighted by Gasteiger charge is -2.32. The number of rotatable bonds is 4. The number of halogens is 2. The van der Waals surface area contributed by atoms with E-state index in [1.54, 1.807) is 12.1 Å². The molecule has 0 saturated heterocycles. The third kappa shape index (κ3) is 5.79. The molecular weight excluding hydrogens is 847 g/mol. The van der Waals surface area contributed by atoms with Crippen LogP contribution in [0, 0.1) is 11.6 Å². The summed E-state index contributed by atoms with van der Waals surface area (Å²) in [7, 11) is 0. The van der Waals surface area contributed by atoms with Crippen LogP contribution in [0.5, 0.6) is 0 Å². The molecule has 8 aromatic carbocycles. The predicted octanol–water partition coefficient (Wildman–Crippen LogP) is 15.9. The Labute approximate surface area is 388 Å². The second kappa shape index (κ2) is 14.3. The molecule has 8 heteroatoms. The maximum atomic E-state index is 14.7. The monoisotopic (exact) mass is 886 g/mol. The zero-order chi connectivity index (χ0) is 45.4. The fourth-order valence-electron chi connectivity index (χ4n) is 11.2. The molecular formula is C60H40F2N4O2. The minimum atomic E-state index is -0.817. The Bertz CT molecular complexity index is 4220. The highest BCUT2D eigenvalue weighted by Crippen LogP contribution is 2.46. The molecule has 14 rings (SSSR count). The highest BCUT2D eigenvalue weighted by atomic mass is 19.1. The van der Waals surface area contributed by atoms with Crippen molar-refractivity contribution in [2.24, 2.45) is 9.98 Å². The van der Waals surface area contributed by atoms with Gasteiger partial charge in [-0.2, -0.15) is 0 Å². The normalized spacial score (nSPS) is 17.5. The first-order valence-electron chi connectivity index (χ1n) is 23.1. The number of nitrogens with zero attached hydrogens (tertiary/aromatic N) is 4. The zero-order valence-electron chi connectivity index (χ0n) is 37.1. The van der Waals surface area contributed by atoms with E-state index in [0.717, 1.165) is 61.9 Å². The molecule has 2 aliphatic rings. The maximum absolute atomic E-state index is 14.7. The van der Waals surface area contributed by atoms with Crippen molar-refractivity contribution in [2.45, 2.75) is 38.1 Å². The Hall–Kier alpha value is -8.36. The number of benzene rings is 8. The fourth-order valence-corrected chi connectivity index (χ4v) is 11.2. The van der Waals surface area contributed by atoms with Gasteiger partial charge in [0.2, 0.25) is 5.96 Å². The van der Waals surface area contributed by atoms with Crippen molar-refractivity contribution in [2.75, 3.05) is 0 Å². The molecule has 0 radical (unpaired) electrons. The lowest BCUT2D eigenvalue weighted by atomic mass is 9.83. The van der Waals surface area contributed by atoms with E-state index in [9.17, 15) is 8.78 Å². The van der Waals surface area contributed by atoms with Crippen LogP contribution in [0.3, 0.4) is 0 Å². The number of hydrogen-bond donors (Lipinski definition) is 0. The maximum Gasteiger partial charge on any atom is 0.230 e. The van der Waals surface area contributed by atoms with E-state index in [-0.39, 0.29) is 17.6 Å². The summed E-state index contributed by atoms with van der Waals surface area (Å²) in [4.78, 5) is 11.2. The van der Waals surface area contributed by atoms with E-state index in [0.29, 0.717) is 45.5 Å². The van der Waals surface area contributed by atoms with Gasteiger partial charge in [-0.15, -0.1) is 0 Å². The molecule has 0 amide bonds. The third-order valence-electron chi connectivity index (χ3n) is 14.4. The van der Waals surface area contributed by atoms with Gasteiger partial charge in [0.15, 0.2) is 0 Å². The minimum absolute atomic E-state index is 0.0976.